The van der Waals surface area contributed by atoms with Crippen LogP contribution in [0, 0.1) is 17.8 Å². The maximum Gasteiger partial charge on any atom is 0.139 e. The summed E-state index contributed by atoms with van der Waals surface area (Å²) in [6.45, 7) is 0. The van der Waals surface area contributed by atoms with Gasteiger partial charge >= 0.3 is 0 Å². The van der Waals surface area contributed by atoms with Crippen molar-refractivity contribution in [3.05, 3.63) is 0 Å². The molecule has 0 unspecified atom stereocenters. The van der Waals surface area contributed by atoms with E-state index in [4.69, 9.17) is 5.73 Å². The lowest BCUT2D eigenvalue weighted by atomic mass is 9.53. The van der Waals surface area contributed by atoms with Crippen molar-refractivity contribution < 1.29 is 4.79 Å². The van der Waals surface area contributed by atoms with Gasteiger partial charge in [0.05, 0.1) is 0 Å². The number of rotatable bonds is 0. The molecule has 0 saturated heterocycles. The van der Waals surface area contributed by atoms with E-state index in [1.54, 1.807) is 0 Å². The van der Waals surface area contributed by atoms with E-state index in [1.807, 2.05) is 0 Å². The molecule has 12 heavy (non-hydrogen) atoms. The van der Waals surface area contributed by atoms with E-state index in [2.05, 4.69) is 0 Å². The maximum absolute atomic E-state index is 11.7. The smallest absolute Gasteiger partial charge is 0.139 e. The Morgan fingerprint density at radius 3 is 2.25 bits per heavy atom. The molecule has 0 aromatic carbocycles. The third-order valence-corrected chi connectivity index (χ3v) is 4.04. The van der Waals surface area contributed by atoms with Crippen LogP contribution >= 0.6 is 0 Å². The highest BCUT2D eigenvalue weighted by Crippen LogP contribution is 2.52. The van der Waals surface area contributed by atoms with Gasteiger partial charge in [-0.2, -0.15) is 0 Å². The minimum atomic E-state index is 0.0599. The van der Waals surface area contributed by atoms with Crippen LogP contribution in [0.3, 0.4) is 0 Å². The predicted molar refractivity (Wildman–Crippen MR) is 45.5 cm³/mol. The van der Waals surface area contributed by atoms with Gasteiger partial charge in [-0.1, -0.05) is 0 Å². The van der Waals surface area contributed by atoms with Crippen molar-refractivity contribution in [3.8, 4) is 0 Å². The van der Waals surface area contributed by atoms with Crippen LogP contribution in [0.1, 0.15) is 32.1 Å². The Morgan fingerprint density at radius 2 is 1.75 bits per heavy atom. The van der Waals surface area contributed by atoms with Gasteiger partial charge in [-0.05, 0) is 38.0 Å². The van der Waals surface area contributed by atoms with Crippen molar-refractivity contribution in [1.29, 1.82) is 0 Å². The molecule has 4 fully saturated rings. The second kappa shape index (κ2) is 1.92. The Bertz CT molecular complexity index is 230. The summed E-state index contributed by atoms with van der Waals surface area (Å²) in [4.78, 5) is 11.7. The molecule has 0 radical (unpaired) electrons. The standard InChI is InChI=1S/C10H15NO/c11-10-3-6-1-7(4-10)9(12)8(2-6)5-10/h6-8H,1-5,11H2/t6?,7-,8-,10?/m0/s1. The van der Waals surface area contributed by atoms with Gasteiger partial charge in [0.25, 0.3) is 0 Å². The van der Waals surface area contributed by atoms with Crippen molar-refractivity contribution in [1.82, 2.24) is 0 Å². The molecule has 2 heteroatoms. The number of hydrogen-bond acceptors (Lipinski definition) is 2. The Labute approximate surface area is 72.5 Å². The third-order valence-electron chi connectivity index (χ3n) is 4.04. The van der Waals surface area contributed by atoms with Gasteiger partial charge in [0.15, 0.2) is 0 Å². The zero-order valence-electron chi connectivity index (χ0n) is 7.25. The number of carbonyl (C=O) groups is 1. The summed E-state index contributed by atoms with van der Waals surface area (Å²) < 4.78 is 0. The van der Waals surface area contributed by atoms with E-state index >= 15 is 0 Å². The van der Waals surface area contributed by atoms with Gasteiger partial charge in [-0.25, -0.2) is 0 Å². The SMILES string of the molecule is NC12CC3C[C@@H](C1)C(=O)[C@@H](C3)C2. The molecular weight excluding hydrogens is 150 g/mol. The van der Waals surface area contributed by atoms with Gasteiger partial charge in [0, 0.05) is 17.4 Å². The lowest BCUT2D eigenvalue weighted by Gasteiger charge is -2.53. The number of ketones is 1. The quantitative estimate of drug-likeness (QED) is 0.584. The first-order valence-corrected chi connectivity index (χ1v) is 4.99. The van der Waals surface area contributed by atoms with Gasteiger partial charge < -0.3 is 5.73 Å². The molecule has 4 rings (SSSR count). The Hall–Kier alpha value is -0.370. The second-order valence-corrected chi connectivity index (χ2v) is 5.11. The molecule has 2 nitrogen and oxygen atoms in total. The molecule has 0 heterocycles. The summed E-state index contributed by atoms with van der Waals surface area (Å²) in [5.74, 6) is 2.01. The van der Waals surface area contributed by atoms with E-state index < -0.39 is 0 Å². The van der Waals surface area contributed by atoms with Crippen LogP contribution in [0.2, 0.25) is 0 Å². The summed E-state index contributed by atoms with van der Waals surface area (Å²) in [6.07, 6.45) is 5.45. The van der Waals surface area contributed by atoms with Crippen molar-refractivity contribution in [3.63, 3.8) is 0 Å². The van der Waals surface area contributed by atoms with Crippen LogP contribution in [0.5, 0.6) is 0 Å². The summed E-state index contributed by atoms with van der Waals surface area (Å²) in [5, 5.41) is 0. The number of Topliss-reactive ketones (excluding diaryl/α,β-unsaturated/α-hetero) is 1. The number of nitrogens with two attached hydrogens (primary N) is 1. The molecule has 4 bridgehead atoms. The van der Waals surface area contributed by atoms with Crippen LogP contribution in [0.25, 0.3) is 0 Å². The fraction of sp³-hybridized carbons (Fsp3) is 0.900. The minimum absolute atomic E-state index is 0.0599. The Morgan fingerprint density at radius 1 is 1.17 bits per heavy atom. The lowest BCUT2D eigenvalue weighted by Crippen LogP contribution is -2.59. The average Bonchev–Trinajstić information content (AvgIpc) is 1.96. The van der Waals surface area contributed by atoms with E-state index in [0.717, 1.165) is 31.6 Å². The first kappa shape index (κ1) is 7.07. The van der Waals surface area contributed by atoms with E-state index in [-0.39, 0.29) is 5.54 Å². The first-order valence-electron chi connectivity index (χ1n) is 4.99. The van der Waals surface area contributed by atoms with Crippen LogP contribution < -0.4 is 5.73 Å². The second-order valence-electron chi connectivity index (χ2n) is 5.11. The first-order chi connectivity index (χ1) is 5.66. The molecule has 2 N–H and O–H groups in total. The lowest BCUT2D eigenvalue weighted by molar-refractivity contribution is -0.141. The molecule has 0 spiro atoms. The topological polar surface area (TPSA) is 43.1 Å². The normalized spacial score (nSPS) is 56.4. The molecule has 0 amide bonds. The highest BCUT2D eigenvalue weighted by atomic mass is 16.1. The van der Waals surface area contributed by atoms with Crippen molar-refractivity contribution in [2.24, 2.45) is 23.5 Å². The molecule has 0 aromatic rings. The number of hydrogen-bond donors (Lipinski definition) is 1. The zero-order chi connectivity index (χ0) is 8.34. The molecule has 4 aliphatic rings. The van der Waals surface area contributed by atoms with Crippen molar-refractivity contribution in [2.45, 2.75) is 37.6 Å². The molecular formula is C10H15NO. The molecule has 0 aliphatic heterocycles. The summed E-state index contributed by atoms with van der Waals surface area (Å²) in [7, 11) is 0. The number of carbonyl (C=O) groups excluding carboxylic acids is 1. The molecule has 0 aromatic heterocycles. The van der Waals surface area contributed by atoms with E-state index in [1.165, 1.54) is 6.42 Å². The minimum Gasteiger partial charge on any atom is -0.325 e. The molecule has 4 saturated carbocycles. The van der Waals surface area contributed by atoms with Gasteiger partial charge in [-0.3, -0.25) is 4.79 Å². The van der Waals surface area contributed by atoms with Gasteiger partial charge in [0.2, 0.25) is 0 Å². The van der Waals surface area contributed by atoms with Crippen LogP contribution in [0.15, 0.2) is 0 Å². The van der Waals surface area contributed by atoms with Crippen LogP contribution in [-0.2, 0) is 4.79 Å². The summed E-state index contributed by atoms with van der Waals surface area (Å²) in [6, 6.07) is 0. The molecule has 2 atom stereocenters. The zero-order valence-corrected chi connectivity index (χ0v) is 7.25. The summed E-state index contributed by atoms with van der Waals surface area (Å²) in [5.41, 5.74) is 6.29. The van der Waals surface area contributed by atoms with Gasteiger partial charge in [-0.15, -0.1) is 0 Å². The fourth-order valence-corrected chi connectivity index (χ4v) is 3.81. The maximum atomic E-state index is 11.7. The fourth-order valence-electron chi connectivity index (χ4n) is 3.81. The molecule has 66 valence electrons. The largest absolute Gasteiger partial charge is 0.325 e. The van der Waals surface area contributed by atoms with Gasteiger partial charge in [0.1, 0.15) is 5.78 Å². The predicted octanol–water partition coefficient (Wildman–Crippen LogP) is 1.09. The van der Waals surface area contributed by atoms with E-state index in [0.29, 0.717) is 17.6 Å². The highest BCUT2D eigenvalue weighted by molar-refractivity contribution is 5.85. The monoisotopic (exact) mass is 165 g/mol. The third kappa shape index (κ3) is 0.764. The average molecular weight is 165 g/mol. The van der Waals surface area contributed by atoms with Crippen LogP contribution in [0.4, 0.5) is 0 Å². The van der Waals surface area contributed by atoms with E-state index in [9.17, 15) is 4.79 Å². The van der Waals surface area contributed by atoms with Crippen LogP contribution in [-0.4, -0.2) is 11.3 Å². The van der Waals surface area contributed by atoms with Crippen molar-refractivity contribution in [2.75, 3.05) is 0 Å². The Kier molecular flexibility index (Phi) is 1.13. The molecule has 4 aliphatic carbocycles. The van der Waals surface area contributed by atoms with Crippen molar-refractivity contribution >= 4 is 5.78 Å². The summed E-state index contributed by atoms with van der Waals surface area (Å²) >= 11 is 0. The highest BCUT2D eigenvalue weighted by Gasteiger charge is 2.53. The Balaban J connectivity index is 2.00.